The molecule has 0 N–H and O–H groups in total. The number of fused-ring (bicyclic) bond motifs is 1. The van der Waals surface area contributed by atoms with Crippen LogP contribution in [0.3, 0.4) is 0 Å². The zero-order valence-corrected chi connectivity index (χ0v) is 18.2. The first-order valence-corrected chi connectivity index (χ1v) is 10.9. The lowest BCUT2D eigenvalue weighted by atomic mass is 10.0. The summed E-state index contributed by atoms with van der Waals surface area (Å²) in [4.78, 5) is 31.4. The van der Waals surface area contributed by atoms with Gasteiger partial charge < -0.3 is 4.90 Å². The standard InChI is InChI=1S/C23H18F2N6OS/c24-16-4-2-1-3-14(16)15-9-18(27-10-17(15)25)23-29-19-11-30(22(32)6-8-33)12-20(19)31(23)21-5-7-26-13-28-21/h1-5,7,9-10,13,33H,6,8,11-12H2. The number of nitrogens with zero attached hydrogens (tertiary/aromatic N) is 6. The lowest BCUT2D eigenvalue weighted by Crippen LogP contribution is -2.26. The van der Waals surface area contributed by atoms with Gasteiger partial charge in [-0.25, -0.2) is 28.7 Å². The summed E-state index contributed by atoms with van der Waals surface area (Å²) in [5.41, 5.74) is 2.07. The molecule has 166 valence electrons. The molecule has 1 amide bonds. The van der Waals surface area contributed by atoms with Crippen molar-refractivity contribution < 1.29 is 13.6 Å². The van der Waals surface area contributed by atoms with Gasteiger partial charge in [0.1, 0.15) is 29.5 Å². The van der Waals surface area contributed by atoms with Crippen molar-refractivity contribution in [1.82, 2.24) is 29.4 Å². The molecule has 0 bridgehead atoms. The summed E-state index contributed by atoms with van der Waals surface area (Å²) in [5, 5.41) is 0. The van der Waals surface area contributed by atoms with Crippen LogP contribution in [0.5, 0.6) is 0 Å². The minimum atomic E-state index is -0.639. The normalized spacial score (nSPS) is 12.8. The van der Waals surface area contributed by atoms with Gasteiger partial charge in [-0.15, -0.1) is 0 Å². The highest BCUT2D eigenvalue weighted by Gasteiger charge is 2.31. The summed E-state index contributed by atoms with van der Waals surface area (Å²) in [5.74, 6) is 0.241. The Labute approximate surface area is 193 Å². The number of amides is 1. The quantitative estimate of drug-likeness (QED) is 0.455. The number of aromatic nitrogens is 5. The fourth-order valence-corrected chi connectivity index (χ4v) is 4.11. The van der Waals surface area contributed by atoms with Crippen LogP contribution in [0.1, 0.15) is 17.8 Å². The predicted molar refractivity (Wildman–Crippen MR) is 120 cm³/mol. The zero-order chi connectivity index (χ0) is 22.9. The summed E-state index contributed by atoms with van der Waals surface area (Å²) in [6, 6.07) is 9.18. The largest absolute Gasteiger partial charge is 0.331 e. The van der Waals surface area contributed by atoms with E-state index in [-0.39, 0.29) is 17.0 Å². The minimum Gasteiger partial charge on any atom is -0.331 e. The van der Waals surface area contributed by atoms with E-state index in [2.05, 4.69) is 27.6 Å². The number of hydrogen-bond acceptors (Lipinski definition) is 6. The molecule has 0 atom stereocenters. The summed E-state index contributed by atoms with van der Waals surface area (Å²) in [6.45, 7) is 0.689. The average molecular weight is 465 g/mol. The van der Waals surface area contributed by atoms with Crippen molar-refractivity contribution in [3.05, 3.63) is 78.1 Å². The third-order valence-electron chi connectivity index (χ3n) is 5.46. The van der Waals surface area contributed by atoms with Crippen molar-refractivity contribution in [3.63, 3.8) is 0 Å². The van der Waals surface area contributed by atoms with Gasteiger partial charge in [-0.1, -0.05) is 18.2 Å². The van der Waals surface area contributed by atoms with Crippen molar-refractivity contribution in [3.8, 4) is 28.5 Å². The number of benzene rings is 1. The Hall–Kier alpha value is -3.66. The fourth-order valence-electron chi connectivity index (χ4n) is 3.92. The topological polar surface area (TPSA) is 76.8 Å². The van der Waals surface area contributed by atoms with Gasteiger partial charge in [0.15, 0.2) is 5.82 Å². The SMILES string of the molecule is O=C(CCS)N1Cc2nc(-c3cc(-c4ccccc4F)c(F)cn3)n(-c3ccncn3)c2C1. The van der Waals surface area contributed by atoms with Gasteiger partial charge in [-0.2, -0.15) is 12.6 Å². The first-order valence-electron chi connectivity index (χ1n) is 10.2. The molecule has 0 unspecified atom stereocenters. The van der Waals surface area contributed by atoms with E-state index < -0.39 is 11.6 Å². The maximum absolute atomic E-state index is 14.6. The minimum absolute atomic E-state index is 0.0134. The Morgan fingerprint density at radius 3 is 2.67 bits per heavy atom. The lowest BCUT2D eigenvalue weighted by molar-refractivity contribution is -0.131. The van der Waals surface area contributed by atoms with Crippen LogP contribution in [0.15, 0.2) is 55.1 Å². The monoisotopic (exact) mass is 464 g/mol. The Morgan fingerprint density at radius 2 is 1.91 bits per heavy atom. The van der Waals surface area contributed by atoms with Crippen LogP contribution in [-0.4, -0.2) is 41.1 Å². The highest BCUT2D eigenvalue weighted by molar-refractivity contribution is 7.80. The number of halogens is 2. The molecular formula is C23H18F2N6OS. The van der Waals surface area contributed by atoms with Crippen LogP contribution < -0.4 is 0 Å². The molecule has 4 heterocycles. The molecule has 7 nitrogen and oxygen atoms in total. The summed E-state index contributed by atoms with van der Waals surface area (Å²) < 4.78 is 30.8. The number of imidazole rings is 1. The second-order valence-electron chi connectivity index (χ2n) is 7.48. The average Bonchev–Trinajstić information content (AvgIpc) is 3.39. The molecule has 0 aliphatic carbocycles. The van der Waals surface area contributed by atoms with Crippen LogP contribution in [0, 0.1) is 11.6 Å². The number of pyridine rings is 1. The smallest absolute Gasteiger partial charge is 0.224 e. The molecule has 0 spiro atoms. The van der Waals surface area contributed by atoms with Crippen LogP contribution in [0.4, 0.5) is 8.78 Å². The van der Waals surface area contributed by atoms with Crippen molar-refractivity contribution in [2.75, 3.05) is 5.75 Å². The predicted octanol–water partition coefficient (Wildman–Crippen LogP) is 3.83. The summed E-state index contributed by atoms with van der Waals surface area (Å²) in [6.07, 6.45) is 4.40. The molecule has 0 saturated carbocycles. The van der Waals surface area contributed by atoms with Gasteiger partial charge in [0.25, 0.3) is 0 Å². The molecule has 1 aliphatic rings. The second-order valence-corrected chi connectivity index (χ2v) is 7.93. The molecule has 1 aromatic carbocycles. The third-order valence-corrected chi connectivity index (χ3v) is 5.68. The maximum atomic E-state index is 14.6. The van der Waals surface area contributed by atoms with Crippen molar-refractivity contribution in [2.45, 2.75) is 19.5 Å². The fraction of sp³-hybridized carbons (Fsp3) is 0.174. The number of hydrogen-bond donors (Lipinski definition) is 1. The second kappa shape index (κ2) is 8.70. The Balaban J connectivity index is 1.64. The van der Waals surface area contributed by atoms with Crippen molar-refractivity contribution >= 4 is 18.5 Å². The molecule has 10 heteroatoms. The van der Waals surface area contributed by atoms with Gasteiger partial charge in [0, 0.05) is 23.7 Å². The Bertz CT molecular complexity index is 1340. The summed E-state index contributed by atoms with van der Waals surface area (Å²) >= 11 is 4.14. The highest BCUT2D eigenvalue weighted by Crippen LogP contribution is 2.33. The molecule has 0 fully saturated rings. The molecule has 4 aromatic rings. The van der Waals surface area contributed by atoms with Crippen molar-refractivity contribution in [2.24, 2.45) is 0 Å². The van der Waals surface area contributed by atoms with Gasteiger partial charge in [-0.05, 0) is 24.0 Å². The third kappa shape index (κ3) is 3.86. The molecular weight excluding hydrogens is 446 g/mol. The number of carbonyl (C=O) groups is 1. The number of thiol groups is 1. The molecule has 1 aliphatic heterocycles. The molecule has 5 rings (SSSR count). The van der Waals surface area contributed by atoms with Crippen LogP contribution in [0.25, 0.3) is 28.5 Å². The van der Waals surface area contributed by atoms with Crippen LogP contribution in [0.2, 0.25) is 0 Å². The molecule has 0 radical (unpaired) electrons. The van der Waals surface area contributed by atoms with E-state index in [0.29, 0.717) is 48.3 Å². The summed E-state index contributed by atoms with van der Waals surface area (Å²) in [7, 11) is 0. The number of rotatable bonds is 5. The Kier molecular flexibility index (Phi) is 5.59. The van der Waals surface area contributed by atoms with Gasteiger partial charge >= 0.3 is 0 Å². The molecule has 33 heavy (non-hydrogen) atoms. The lowest BCUT2D eigenvalue weighted by Gasteiger charge is -2.17. The van der Waals surface area contributed by atoms with Gasteiger partial charge in [0.05, 0.1) is 30.7 Å². The van der Waals surface area contributed by atoms with E-state index >= 15 is 0 Å². The first kappa shape index (κ1) is 21.2. The maximum Gasteiger partial charge on any atom is 0.224 e. The van der Waals surface area contributed by atoms with E-state index in [9.17, 15) is 13.6 Å². The number of carbonyl (C=O) groups excluding carboxylic acids is 1. The van der Waals surface area contributed by atoms with Crippen molar-refractivity contribution in [1.29, 1.82) is 0 Å². The van der Waals surface area contributed by atoms with E-state index in [1.807, 2.05) is 0 Å². The first-order chi connectivity index (χ1) is 16.1. The zero-order valence-electron chi connectivity index (χ0n) is 17.3. The Morgan fingerprint density at radius 1 is 1.06 bits per heavy atom. The van der Waals surface area contributed by atoms with E-state index in [4.69, 9.17) is 4.98 Å². The molecule has 3 aromatic heterocycles. The molecule has 0 saturated heterocycles. The van der Waals surface area contributed by atoms with Gasteiger partial charge in [0.2, 0.25) is 5.91 Å². The van der Waals surface area contributed by atoms with Gasteiger partial charge in [-0.3, -0.25) is 9.36 Å². The van der Waals surface area contributed by atoms with E-state index in [1.54, 1.807) is 33.9 Å². The van der Waals surface area contributed by atoms with E-state index in [1.165, 1.54) is 24.5 Å². The van der Waals surface area contributed by atoms with Crippen LogP contribution in [-0.2, 0) is 17.9 Å². The van der Waals surface area contributed by atoms with E-state index in [0.717, 1.165) is 11.9 Å². The highest BCUT2D eigenvalue weighted by atomic mass is 32.1. The van der Waals surface area contributed by atoms with Crippen LogP contribution >= 0.6 is 12.6 Å².